The largest absolute Gasteiger partial charge is 0.421 e. The van der Waals surface area contributed by atoms with Crippen molar-refractivity contribution in [2.75, 3.05) is 0 Å². The van der Waals surface area contributed by atoms with E-state index in [9.17, 15) is 4.79 Å². The highest BCUT2D eigenvalue weighted by Crippen LogP contribution is 2.21. The Hall–Kier alpha value is -2.17. The van der Waals surface area contributed by atoms with Crippen LogP contribution in [0.4, 0.5) is 0 Å². The van der Waals surface area contributed by atoms with Crippen molar-refractivity contribution in [3.63, 3.8) is 0 Å². The van der Waals surface area contributed by atoms with E-state index in [4.69, 9.17) is 4.42 Å². The molecule has 0 bridgehead atoms. The third-order valence-corrected chi connectivity index (χ3v) is 3.00. The number of fused-ring (bicyclic) bond motifs is 3. The lowest BCUT2D eigenvalue weighted by atomic mass is 10.2. The highest BCUT2D eigenvalue weighted by atomic mass is 16.4. The van der Waals surface area contributed by atoms with Gasteiger partial charge in [-0.05, 0) is 18.6 Å². The Balaban J connectivity index is 2.36. The minimum Gasteiger partial charge on any atom is -0.421 e. The van der Waals surface area contributed by atoms with E-state index in [0.717, 1.165) is 30.3 Å². The van der Waals surface area contributed by atoms with Gasteiger partial charge in [0.2, 0.25) is 0 Å². The molecule has 0 fully saturated rings. The van der Waals surface area contributed by atoms with Crippen LogP contribution in [-0.2, 0) is 6.54 Å². The van der Waals surface area contributed by atoms with Gasteiger partial charge in [-0.3, -0.25) is 0 Å². The highest BCUT2D eigenvalue weighted by molar-refractivity contribution is 6.00. The Bertz CT molecular complexity index is 758. The zero-order valence-electron chi connectivity index (χ0n) is 10.1. The average molecular weight is 243 g/mol. The second-order valence-electron chi connectivity index (χ2n) is 4.25. The molecule has 2 heterocycles. The summed E-state index contributed by atoms with van der Waals surface area (Å²) in [5.41, 5.74) is 1.24. The van der Waals surface area contributed by atoms with Gasteiger partial charge in [0.1, 0.15) is 11.1 Å². The van der Waals surface area contributed by atoms with Crippen LogP contribution in [0.5, 0.6) is 0 Å². The van der Waals surface area contributed by atoms with Gasteiger partial charge in [0.25, 0.3) is 0 Å². The van der Waals surface area contributed by atoms with Crippen LogP contribution in [0.3, 0.4) is 0 Å². The maximum absolute atomic E-state index is 11.8. The SMILES string of the molecule is CCCCn1nnc2c(=O)oc3ccccc3c21. The van der Waals surface area contributed by atoms with Gasteiger partial charge in [-0.25, -0.2) is 9.48 Å². The second kappa shape index (κ2) is 4.25. The van der Waals surface area contributed by atoms with E-state index < -0.39 is 5.63 Å². The predicted octanol–water partition coefficient (Wildman–Crippen LogP) is 2.34. The van der Waals surface area contributed by atoms with Crippen molar-refractivity contribution in [3.8, 4) is 0 Å². The molecule has 0 aliphatic heterocycles. The molecule has 2 aromatic heterocycles. The van der Waals surface area contributed by atoms with Gasteiger partial charge in [-0.2, -0.15) is 0 Å². The van der Waals surface area contributed by atoms with Gasteiger partial charge in [-0.1, -0.05) is 30.7 Å². The maximum Gasteiger partial charge on any atom is 0.366 e. The summed E-state index contributed by atoms with van der Waals surface area (Å²) in [5.74, 6) is 0. The molecule has 92 valence electrons. The monoisotopic (exact) mass is 243 g/mol. The second-order valence-corrected chi connectivity index (χ2v) is 4.25. The molecule has 0 saturated heterocycles. The molecular weight excluding hydrogens is 230 g/mol. The zero-order valence-corrected chi connectivity index (χ0v) is 10.1. The topological polar surface area (TPSA) is 60.9 Å². The van der Waals surface area contributed by atoms with Crippen LogP contribution in [0.15, 0.2) is 33.5 Å². The quantitative estimate of drug-likeness (QED) is 0.662. The van der Waals surface area contributed by atoms with Crippen LogP contribution in [0.1, 0.15) is 19.8 Å². The van der Waals surface area contributed by atoms with Crippen molar-refractivity contribution in [1.82, 2.24) is 15.0 Å². The number of unbranched alkanes of at least 4 members (excludes halogenated alkanes) is 1. The summed E-state index contributed by atoms with van der Waals surface area (Å²) in [4.78, 5) is 11.8. The molecule has 0 aliphatic carbocycles. The van der Waals surface area contributed by atoms with E-state index in [0.29, 0.717) is 11.1 Å². The van der Waals surface area contributed by atoms with Crippen LogP contribution < -0.4 is 5.63 Å². The van der Waals surface area contributed by atoms with E-state index in [1.807, 2.05) is 18.2 Å². The smallest absolute Gasteiger partial charge is 0.366 e. The van der Waals surface area contributed by atoms with Crippen LogP contribution in [0, 0.1) is 0 Å². The highest BCUT2D eigenvalue weighted by Gasteiger charge is 2.13. The zero-order chi connectivity index (χ0) is 12.5. The lowest BCUT2D eigenvalue weighted by Crippen LogP contribution is -2.03. The predicted molar refractivity (Wildman–Crippen MR) is 68.5 cm³/mol. The Morgan fingerprint density at radius 2 is 2.17 bits per heavy atom. The number of hydrogen-bond donors (Lipinski definition) is 0. The number of aryl methyl sites for hydroxylation is 1. The Morgan fingerprint density at radius 1 is 1.33 bits per heavy atom. The molecule has 3 rings (SSSR count). The summed E-state index contributed by atoms with van der Waals surface area (Å²) in [5, 5.41) is 8.86. The first-order chi connectivity index (χ1) is 8.81. The standard InChI is InChI=1S/C13H13N3O2/c1-2-3-8-16-12-9-6-4-5-7-10(9)18-13(17)11(12)14-15-16/h4-7H,2-3,8H2,1H3. The Morgan fingerprint density at radius 3 is 3.00 bits per heavy atom. The van der Waals surface area contributed by atoms with Crippen LogP contribution >= 0.6 is 0 Å². The van der Waals surface area contributed by atoms with Gasteiger partial charge >= 0.3 is 5.63 Å². The summed E-state index contributed by atoms with van der Waals surface area (Å²) >= 11 is 0. The van der Waals surface area contributed by atoms with Crippen molar-refractivity contribution < 1.29 is 4.42 Å². The minimum absolute atomic E-state index is 0.310. The minimum atomic E-state index is -0.425. The molecular formula is C13H13N3O2. The molecule has 0 atom stereocenters. The van der Waals surface area contributed by atoms with Gasteiger partial charge in [0, 0.05) is 11.9 Å². The molecule has 5 heteroatoms. The molecule has 18 heavy (non-hydrogen) atoms. The molecule has 0 unspecified atom stereocenters. The third-order valence-electron chi connectivity index (χ3n) is 3.00. The molecule has 3 aromatic rings. The van der Waals surface area contributed by atoms with Crippen LogP contribution in [-0.4, -0.2) is 15.0 Å². The van der Waals surface area contributed by atoms with E-state index in [1.165, 1.54) is 0 Å². The van der Waals surface area contributed by atoms with Gasteiger partial charge in [-0.15, -0.1) is 5.10 Å². The van der Waals surface area contributed by atoms with Crippen molar-refractivity contribution >= 4 is 22.0 Å². The number of hydrogen-bond acceptors (Lipinski definition) is 4. The van der Waals surface area contributed by atoms with E-state index in [2.05, 4.69) is 17.2 Å². The van der Waals surface area contributed by atoms with Crippen molar-refractivity contribution in [3.05, 3.63) is 34.7 Å². The van der Waals surface area contributed by atoms with Crippen LogP contribution in [0.2, 0.25) is 0 Å². The molecule has 0 aliphatic rings. The molecule has 5 nitrogen and oxygen atoms in total. The Labute approximate surface area is 103 Å². The summed E-state index contributed by atoms with van der Waals surface area (Å²) in [6, 6.07) is 7.47. The fraction of sp³-hybridized carbons (Fsp3) is 0.308. The summed E-state index contributed by atoms with van der Waals surface area (Å²) in [7, 11) is 0. The Kier molecular flexibility index (Phi) is 2.59. The maximum atomic E-state index is 11.8. The van der Waals surface area contributed by atoms with E-state index in [-0.39, 0.29) is 0 Å². The first-order valence-electron chi connectivity index (χ1n) is 6.06. The fourth-order valence-electron chi connectivity index (χ4n) is 2.08. The first kappa shape index (κ1) is 11.0. The molecule has 0 amide bonds. The summed E-state index contributed by atoms with van der Waals surface area (Å²) in [6.07, 6.45) is 2.08. The summed E-state index contributed by atoms with van der Waals surface area (Å²) in [6.45, 7) is 2.88. The van der Waals surface area contributed by atoms with Crippen molar-refractivity contribution in [2.24, 2.45) is 0 Å². The van der Waals surface area contributed by atoms with E-state index >= 15 is 0 Å². The normalized spacial score (nSPS) is 11.4. The lowest BCUT2D eigenvalue weighted by Gasteiger charge is -2.02. The number of rotatable bonds is 3. The van der Waals surface area contributed by atoms with Gasteiger partial charge in [0.05, 0.1) is 0 Å². The average Bonchev–Trinajstić information content (AvgIpc) is 2.81. The number of benzene rings is 1. The molecule has 0 saturated carbocycles. The number of para-hydroxylation sites is 1. The van der Waals surface area contributed by atoms with Crippen molar-refractivity contribution in [2.45, 2.75) is 26.3 Å². The summed E-state index contributed by atoms with van der Waals surface area (Å²) < 4.78 is 7.01. The van der Waals surface area contributed by atoms with Crippen LogP contribution in [0.25, 0.3) is 22.0 Å². The molecule has 0 N–H and O–H groups in total. The third kappa shape index (κ3) is 1.59. The van der Waals surface area contributed by atoms with E-state index in [1.54, 1.807) is 10.7 Å². The number of nitrogens with zero attached hydrogens (tertiary/aromatic N) is 3. The molecule has 1 aromatic carbocycles. The lowest BCUT2D eigenvalue weighted by molar-refractivity contribution is 0.567. The number of aromatic nitrogens is 3. The van der Waals surface area contributed by atoms with Gasteiger partial charge in [0.15, 0.2) is 5.52 Å². The fourth-order valence-corrected chi connectivity index (χ4v) is 2.08. The van der Waals surface area contributed by atoms with Crippen molar-refractivity contribution in [1.29, 1.82) is 0 Å². The molecule has 0 spiro atoms. The first-order valence-corrected chi connectivity index (χ1v) is 6.06. The van der Waals surface area contributed by atoms with Gasteiger partial charge < -0.3 is 4.42 Å². The molecule has 0 radical (unpaired) electrons.